The molecule has 0 atom stereocenters. The predicted molar refractivity (Wildman–Crippen MR) is 101 cm³/mol. The fourth-order valence-electron chi connectivity index (χ4n) is 2.97. The van der Waals surface area contributed by atoms with Crippen molar-refractivity contribution < 1.29 is 14.0 Å². The van der Waals surface area contributed by atoms with Crippen molar-refractivity contribution in [2.24, 2.45) is 5.41 Å². The molecule has 1 heterocycles. The lowest BCUT2D eigenvalue weighted by Gasteiger charge is -2.39. The van der Waals surface area contributed by atoms with Gasteiger partial charge in [0.15, 0.2) is 0 Å². The molecule has 2 rings (SSSR count). The van der Waals surface area contributed by atoms with Crippen LogP contribution in [0, 0.1) is 11.2 Å². The van der Waals surface area contributed by atoms with E-state index in [0.717, 1.165) is 6.54 Å². The first-order valence-electron chi connectivity index (χ1n) is 8.95. The number of amides is 2. The quantitative estimate of drug-likeness (QED) is 0.770. The highest BCUT2D eigenvalue weighted by molar-refractivity contribution is 6.04. The molecule has 0 spiro atoms. The molecule has 144 valence electrons. The minimum absolute atomic E-state index is 0.187. The maximum Gasteiger partial charge on any atom is 0.237 e. The molecule has 0 aliphatic carbocycles. The maximum absolute atomic E-state index is 13.9. The molecule has 1 aromatic carbocycles. The molecule has 0 radical (unpaired) electrons. The van der Waals surface area contributed by atoms with Gasteiger partial charge in [-0.1, -0.05) is 12.1 Å². The van der Waals surface area contributed by atoms with Crippen LogP contribution in [0.15, 0.2) is 24.3 Å². The number of nitrogens with one attached hydrogen (secondary N) is 1. The molecular weight excluding hydrogens is 335 g/mol. The van der Waals surface area contributed by atoms with Crippen LogP contribution in [0.25, 0.3) is 0 Å². The van der Waals surface area contributed by atoms with E-state index in [-0.39, 0.29) is 17.6 Å². The lowest BCUT2D eigenvalue weighted by Crippen LogP contribution is -2.56. The smallest absolute Gasteiger partial charge is 0.237 e. The minimum Gasteiger partial charge on any atom is -0.366 e. The van der Waals surface area contributed by atoms with Crippen molar-refractivity contribution in [1.82, 2.24) is 15.1 Å². The first-order chi connectivity index (χ1) is 12.2. The molecular formula is C19H29FN4O2. The summed E-state index contributed by atoms with van der Waals surface area (Å²) in [7, 11) is 3.86. The van der Waals surface area contributed by atoms with Gasteiger partial charge in [-0.15, -0.1) is 0 Å². The van der Waals surface area contributed by atoms with E-state index >= 15 is 0 Å². The van der Waals surface area contributed by atoms with Gasteiger partial charge in [-0.25, -0.2) is 4.39 Å². The number of likely N-dealkylation sites (N-methyl/N-ethyl adjacent to an activating group) is 1. The lowest BCUT2D eigenvalue weighted by atomic mass is 9.90. The summed E-state index contributed by atoms with van der Waals surface area (Å²) in [4.78, 5) is 30.9. The van der Waals surface area contributed by atoms with E-state index in [9.17, 15) is 14.0 Å². The average molecular weight is 364 g/mol. The van der Waals surface area contributed by atoms with E-state index in [4.69, 9.17) is 0 Å². The second kappa shape index (κ2) is 8.49. The Labute approximate surface area is 154 Å². The van der Waals surface area contributed by atoms with Crippen molar-refractivity contribution in [1.29, 1.82) is 0 Å². The Morgan fingerprint density at radius 3 is 2.35 bits per heavy atom. The molecule has 1 saturated heterocycles. The van der Waals surface area contributed by atoms with Crippen molar-refractivity contribution in [2.45, 2.75) is 13.8 Å². The Balaban J connectivity index is 1.92. The SMILES string of the molecule is CN(C)CCNC(=O)C(C)(C)C(=O)N1CCN(c2ccccc2F)CC1. The van der Waals surface area contributed by atoms with Crippen LogP contribution in [0.3, 0.4) is 0 Å². The summed E-state index contributed by atoms with van der Waals surface area (Å²) in [6.45, 7) is 6.58. The normalized spacial score (nSPS) is 15.3. The summed E-state index contributed by atoms with van der Waals surface area (Å²) in [5.74, 6) is -0.707. The summed E-state index contributed by atoms with van der Waals surface area (Å²) in [5.41, 5.74) is -0.563. The number of anilines is 1. The Hall–Kier alpha value is -2.15. The van der Waals surface area contributed by atoms with E-state index in [2.05, 4.69) is 5.32 Å². The third kappa shape index (κ3) is 4.72. The number of hydrogen-bond acceptors (Lipinski definition) is 4. The standard InChI is InChI=1S/C19H29FN4O2/c1-19(2,17(25)21-9-10-22(3)4)18(26)24-13-11-23(12-14-24)16-8-6-5-7-15(16)20/h5-8H,9-14H2,1-4H3,(H,21,25). The number of rotatable bonds is 6. The Morgan fingerprint density at radius 1 is 1.15 bits per heavy atom. The third-order valence-corrected chi connectivity index (χ3v) is 4.71. The van der Waals surface area contributed by atoms with Crippen molar-refractivity contribution >= 4 is 17.5 Å². The van der Waals surface area contributed by atoms with E-state index < -0.39 is 5.41 Å². The summed E-state index contributed by atoms with van der Waals surface area (Å²) in [6, 6.07) is 6.65. The molecule has 0 aromatic heterocycles. The van der Waals surface area contributed by atoms with Gasteiger partial charge in [0, 0.05) is 39.3 Å². The maximum atomic E-state index is 13.9. The highest BCUT2D eigenvalue weighted by Gasteiger charge is 2.39. The van der Waals surface area contributed by atoms with Crippen LogP contribution in [0.2, 0.25) is 0 Å². The summed E-state index contributed by atoms with van der Waals surface area (Å²) in [6.07, 6.45) is 0. The van der Waals surface area contributed by atoms with Crippen molar-refractivity contribution in [3.63, 3.8) is 0 Å². The van der Waals surface area contributed by atoms with Crippen LogP contribution in [0.5, 0.6) is 0 Å². The average Bonchev–Trinajstić information content (AvgIpc) is 2.61. The number of carbonyl (C=O) groups excluding carboxylic acids is 2. The minimum atomic E-state index is -1.12. The van der Waals surface area contributed by atoms with Gasteiger partial charge in [0.25, 0.3) is 0 Å². The molecule has 7 heteroatoms. The van der Waals surface area contributed by atoms with Crippen LogP contribution in [0.4, 0.5) is 10.1 Å². The molecule has 1 aromatic rings. The van der Waals surface area contributed by atoms with Gasteiger partial charge in [-0.05, 0) is 40.1 Å². The molecule has 2 amide bonds. The fourth-order valence-corrected chi connectivity index (χ4v) is 2.97. The van der Waals surface area contributed by atoms with Gasteiger partial charge in [0.2, 0.25) is 11.8 Å². The zero-order valence-electron chi connectivity index (χ0n) is 16.1. The van der Waals surface area contributed by atoms with Crippen LogP contribution in [0.1, 0.15) is 13.8 Å². The molecule has 6 nitrogen and oxygen atoms in total. The summed E-state index contributed by atoms with van der Waals surface area (Å²) in [5, 5.41) is 2.83. The summed E-state index contributed by atoms with van der Waals surface area (Å²) >= 11 is 0. The molecule has 0 saturated carbocycles. The first-order valence-corrected chi connectivity index (χ1v) is 8.95. The van der Waals surface area contributed by atoms with Gasteiger partial charge in [0.1, 0.15) is 11.2 Å². The largest absolute Gasteiger partial charge is 0.366 e. The van der Waals surface area contributed by atoms with E-state index in [1.54, 1.807) is 36.9 Å². The molecule has 26 heavy (non-hydrogen) atoms. The first kappa shape index (κ1) is 20.2. The van der Waals surface area contributed by atoms with Gasteiger partial charge >= 0.3 is 0 Å². The van der Waals surface area contributed by atoms with Gasteiger partial charge in [0.05, 0.1) is 5.69 Å². The monoisotopic (exact) mass is 364 g/mol. The third-order valence-electron chi connectivity index (χ3n) is 4.71. The van der Waals surface area contributed by atoms with E-state index in [0.29, 0.717) is 38.4 Å². The van der Waals surface area contributed by atoms with Gasteiger partial charge in [-0.2, -0.15) is 0 Å². The van der Waals surface area contributed by atoms with Crippen LogP contribution < -0.4 is 10.2 Å². The van der Waals surface area contributed by atoms with Crippen molar-refractivity contribution in [3.8, 4) is 0 Å². The summed E-state index contributed by atoms with van der Waals surface area (Å²) < 4.78 is 13.9. The Morgan fingerprint density at radius 2 is 1.77 bits per heavy atom. The van der Waals surface area contributed by atoms with Crippen LogP contribution >= 0.6 is 0 Å². The number of carbonyl (C=O) groups is 2. The zero-order chi connectivity index (χ0) is 19.3. The molecule has 1 aliphatic heterocycles. The Bertz CT molecular complexity index is 640. The number of piperazine rings is 1. The second-order valence-corrected chi connectivity index (χ2v) is 7.41. The Kier molecular flexibility index (Phi) is 6.58. The highest BCUT2D eigenvalue weighted by atomic mass is 19.1. The molecule has 0 unspecified atom stereocenters. The van der Waals surface area contributed by atoms with Crippen LogP contribution in [-0.4, -0.2) is 75.0 Å². The van der Waals surface area contributed by atoms with E-state index in [1.165, 1.54) is 6.07 Å². The number of halogens is 1. The lowest BCUT2D eigenvalue weighted by molar-refractivity contribution is -0.148. The second-order valence-electron chi connectivity index (χ2n) is 7.41. The van der Waals surface area contributed by atoms with Crippen molar-refractivity contribution in [2.75, 3.05) is 58.3 Å². The number of hydrogen-bond donors (Lipinski definition) is 1. The molecule has 1 fully saturated rings. The topological polar surface area (TPSA) is 55.9 Å². The number of nitrogens with zero attached hydrogens (tertiary/aromatic N) is 3. The van der Waals surface area contributed by atoms with Gasteiger partial charge in [-0.3, -0.25) is 9.59 Å². The van der Waals surface area contributed by atoms with E-state index in [1.807, 2.05) is 23.9 Å². The molecule has 1 aliphatic rings. The molecule has 0 bridgehead atoms. The highest BCUT2D eigenvalue weighted by Crippen LogP contribution is 2.23. The number of benzene rings is 1. The predicted octanol–water partition coefficient (Wildman–Crippen LogP) is 1.18. The van der Waals surface area contributed by atoms with Gasteiger partial charge < -0.3 is 20.0 Å². The van der Waals surface area contributed by atoms with Crippen LogP contribution in [-0.2, 0) is 9.59 Å². The number of para-hydroxylation sites is 1. The van der Waals surface area contributed by atoms with Crippen molar-refractivity contribution in [3.05, 3.63) is 30.1 Å². The zero-order valence-corrected chi connectivity index (χ0v) is 16.1. The fraction of sp³-hybridized carbons (Fsp3) is 0.579. The molecule has 1 N–H and O–H groups in total.